The van der Waals surface area contributed by atoms with Crippen LogP contribution < -0.4 is 5.48 Å². The summed E-state index contributed by atoms with van der Waals surface area (Å²) in [5.74, 6) is 1.57. The third-order valence-electron chi connectivity index (χ3n) is 9.23. The van der Waals surface area contributed by atoms with E-state index in [0.29, 0.717) is 22.3 Å². The Bertz CT molecular complexity index is 606. The zero-order valence-electron chi connectivity index (χ0n) is 18.7. The van der Waals surface area contributed by atoms with Crippen LogP contribution in [-0.2, 0) is 4.84 Å². The highest BCUT2D eigenvalue weighted by atomic mass is 16.7. The van der Waals surface area contributed by atoms with Gasteiger partial charge in [-0.1, -0.05) is 64.2 Å². The molecule has 0 aromatic carbocycles. The van der Waals surface area contributed by atoms with E-state index >= 15 is 0 Å². The third kappa shape index (κ3) is 3.76. The van der Waals surface area contributed by atoms with Crippen molar-refractivity contribution in [3.8, 4) is 0 Å². The van der Waals surface area contributed by atoms with E-state index in [1.165, 1.54) is 77.0 Å². The van der Waals surface area contributed by atoms with Crippen molar-refractivity contribution in [3.63, 3.8) is 0 Å². The van der Waals surface area contributed by atoms with Gasteiger partial charge in [0.15, 0.2) is 0 Å². The van der Waals surface area contributed by atoms with Crippen molar-refractivity contribution >= 4 is 0 Å². The Labute approximate surface area is 173 Å². The van der Waals surface area contributed by atoms with Gasteiger partial charge in [-0.05, 0) is 79.4 Å². The molecule has 0 aromatic heterocycles. The lowest BCUT2D eigenvalue weighted by molar-refractivity contribution is -0.0884. The molecule has 0 heterocycles. The van der Waals surface area contributed by atoms with Gasteiger partial charge in [0.05, 0.1) is 6.10 Å². The first-order chi connectivity index (χ1) is 13.4. The molecular weight excluding hydrogens is 342 g/mol. The Kier molecular flexibility index (Phi) is 5.84. The number of nitrogens with one attached hydrogen (secondary N) is 1. The van der Waals surface area contributed by atoms with Crippen molar-refractivity contribution in [2.45, 2.75) is 104 Å². The van der Waals surface area contributed by atoms with Gasteiger partial charge in [0.2, 0.25) is 0 Å². The average Bonchev–Trinajstić information content (AvgIpc) is 2.68. The van der Waals surface area contributed by atoms with Crippen molar-refractivity contribution in [1.82, 2.24) is 5.48 Å². The summed E-state index contributed by atoms with van der Waals surface area (Å²) in [5, 5.41) is 0. The van der Waals surface area contributed by atoms with Crippen LogP contribution in [0.4, 0.5) is 0 Å². The van der Waals surface area contributed by atoms with E-state index in [9.17, 15) is 0 Å². The molecule has 0 saturated heterocycles. The summed E-state index contributed by atoms with van der Waals surface area (Å²) in [6.07, 6.45) is 21.2. The van der Waals surface area contributed by atoms with Crippen LogP contribution in [0.5, 0.6) is 0 Å². The molecule has 2 nitrogen and oxygen atoms in total. The molecule has 4 aliphatic carbocycles. The van der Waals surface area contributed by atoms with Crippen LogP contribution in [0.2, 0.25) is 0 Å². The monoisotopic (exact) mass is 385 g/mol. The Hall–Kier alpha value is -0.600. The average molecular weight is 386 g/mol. The van der Waals surface area contributed by atoms with E-state index in [1.54, 1.807) is 0 Å². The summed E-state index contributed by atoms with van der Waals surface area (Å²) in [6.45, 7) is 12.7. The molecule has 0 aliphatic heterocycles. The molecule has 158 valence electrons. The second kappa shape index (κ2) is 7.91. The van der Waals surface area contributed by atoms with Crippen LogP contribution in [0.15, 0.2) is 24.3 Å². The van der Waals surface area contributed by atoms with Crippen molar-refractivity contribution < 1.29 is 4.84 Å². The first kappa shape index (κ1) is 20.7. The Morgan fingerprint density at radius 2 is 1.86 bits per heavy atom. The number of allylic oxidation sites excluding steroid dienone is 3. The maximum absolute atomic E-state index is 6.14. The molecule has 5 atom stereocenters. The fourth-order valence-electron chi connectivity index (χ4n) is 7.47. The summed E-state index contributed by atoms with van der Waals surface area (Å²) < 4.78 is 0. The van der Waals surface area contributed by atoms with Crippen molar-refractivity contribution in [3.05, 3.63) is 24.3 Å². The van der Waals surface area contributed by atoms with Crippen molar-refractivity contribution in [2.75, 3.05) is 6.54 Å². The van der Waals surface area contributed by atoms with Gasteiger partial charge < -0.3 is 0 Å². The second-order valence-electron chi connectivity index (χ2n) is 11.4. The fraction of sp³-hybridized carbons (Fsp3) is 0.846. The predicted molar refractivity (Wildman–Crippen MR) is 118 cm³/mol. The predicted octanol–water partition coefficient (Wildman–Crippen LogP) is 6.98. The van der Waals surface area contributed by atoms with Gasteiger partial charge in [0.25, 0.3) is 0 Å². The molecule has 4 aliphatic rings. The van der Waals surface area contributed by atoms with Crippen LogP contribution in [0.1, 0.15) is 97.8 Å². The zero-order valence-corrected chi connectivity index (χ0v) is 18.7. The maximum atomic E-state index is 6.14. The van der Waals surface area contributed by atoms with E-state index in [0.717, 1.165) is 18.4 Å². The highest BCUT2D eigenvalue weighted by Crippen LogP contribution is 2.63. The molecule has 3 saturated carbocycles. The van der Waals surface area contributed by atoms with Gasteiger partial charge in [-0.25, -0.2) is 5.48 Å². The van der Waals surface area contributed by atoms with Crippen LogP contribution in [-0.4, -0.2) is 12.6 Å². The number of rotatable bonds is 5. The minimum atomic E-state index is 0.310. The molecule has 0 amide bonds. The molecule has 5 unspecified atom stereocenters. The lowest BCUT2D eigenvalue weighted by Crippen LogP contribution is -2.53. The largest absolute Gasteiger partial charge is 0.298 e. The molecule has 0 radical (unpaired) electrons. The number of hydrogen-bond acceptors (Lipinski definition) is 2. The lowest BCUT2D eigenvalue weighted by atomic mass is 9.46. The first-order valence-electron chi connectivity index (χ1n) is 12.1. The summed E-state index contributed by atoms with van der Waals surface area (Å²) >= 11 is 0. The number of hydrogen-bond donors (Lipinski definition) is 1. The quantitative estimate of drug-likeness (QED) is 0.407. The molecule has 0 spiro atoms. The Morgan fingerprint density at radius 1 is 1.07 bits per heavy atom. The van der Waals surface area contributed by atoms with Crippen LogP contribution in [0.3, 0.4) is 0 Å². The van der Waals surface area contributed by atoms with E-state index in [4.69, 9.17) is 4.84 Å². The number of fused-ring (bicyclic) bond motifs is 3. The highest BCUT2D eigenvalue weighted by Gasteiger charge is 2.54. The maximum Gasteiger partial charge on any atom is 0.0790 e. The smallest absolute Gasteiger partial charge is 0.0790 e. The molecule has 4 rings (SSSR count). The van der Waals surface area contributed by atoms with E-state index < -0.39 is 0 Å². The highest BCUT2D eigenvalue weighted by molar-refractivity contribution is 5.28. The van der Waals surface area contributed by atoms with Crippen LogP contribution in [0.25, 0.3) is 0 Å². The van der Waals surface area contributed by atoms with Crippen molar-refractivity contribution in [1.29, 1.82) is 0 Å². The van der Waals surface area contributed by atoms with Gasteiger partial charge >= 0.3 is 0 Å². The normalized spacial score (nSPS) is 44.3. The third-order valence-corrected chi connectivity index (χ3v) is 9.23. The second-order valence-corrected chi connectivity index (χ2v) is 11.4. The van der Waals surface area contributed by atoms with Gasteiger partial charge in [0.1, 0.15) is 0 Å². The Morgan fingerprint density at radius 3 is 2.61 bits per heavy atom. The minimum absolute atomic E-state index is 0.310. The van der Waals surface area contributed by atoms with Gasteiger partial charge in [-0.2, -0.15) is 0 Å². The molecule has 3 fully saturated rings. The topological polar surface area (TPSA) is 21.3 Å². The van der Waals surface area contributed by atoms with E-state index in [2.05, 4.69) is 45.0 Å². The first-order valence-corrected chi connectivity index (χ1v) is 12.1. The number of hydroxylamine groups is 1. The van der Waals surface area contributed by atoms with Gasteiger partial charge in [-0.3, -0.25) is 4.84 Å². The van der Waals surface area contributed by atoms with E-state index in [-0.39, 0.29) is 0 Å². The summed E-state index contributed by atoms with van der Waals surface area (Å²) in [6, 6.07) is 0. The van der Waals surface area contributed by atoms with Crippen LogP contribution >= 0.6 is 0 Å². The standard InChI is InChI=1S/C26H43NO/c1-5-24(2)17-14-22-20(18-24)12-13-23-25(3,15-9-16-26(22,23)4)19-27-28-21-10-7-6-8-11-21/h5,14,20-21,23,27H,1,6-13,15-19H2,2-4H3. The Balaban J connectivity index is 1.46. The molecule has 1 N–H and O–H groups in total. The zero-order chi connectivity index (χ0) is 19.8. The van der Waals surface area contributed by atoms with E-state index in [1.807, 2.05) is 5.57 Å². The summed E-state index contributed by atoms with van der Waals surface area (Å²) in [4.78, 5) is 6.14. The molecule has 28 heavy (non-hydrogen) atoms. The van der Waals surface area contributed by atoms with Gasteiger partial charge in [0, 0.05) is 6.54 Å². The molecular formula is C26H43NO. The van der Waals surface area contributed by atoms with Gasteiger partial charge in [-0.15, -0.1) is 6.58 Å². The lowest BCUT2D eigenvalue weighted by Gasteiger charge is -2.59. The molecule has 2 heteroatoms. The minimum Gasteiger partial charge on any atom is -0.298 e. The molecule has 0 aromatic rings. The summed E-state index contributed by atoms with van der Waals surface area (Å²) in [7, 11) is 0. The molecule has 0 bridgehead atoms. The SMILES string of the molecule is C=CC1(C)CC=C2C(CCC3C(C)(CNOC4CCCCC4)CCCC23C)C1. The fourth-order valence-corrected chi connectivity index (χ4v) is 7.47. The van der Waals surface area contributed by atoms with Crippen molar-refractivity contribution in [2.24, 2.45) is 28.1 Å². The summed E-state index contributed by atoms with van der Waals surface area (Å²) in [5.41, 5.74) is 6.34. The van der Waals surface area contributed by atoms with Crippen LogP contribution in [0, 0.1) is 28.1 Å².